The van der Waals surface area contributed by atoms with Crippen molar-refractivity contribution in [2.24, 2.45) is 0 Å². The fourth-order valence-corrected chi connectivity index (χ4v) is 0.300. The molecule has 0 bridgehead atoms. The fraction of sp³-hybridized carbons (Fsp3) is 0.800. The lowest BCUT2D eigenvalue weighted by Gasteiger charge is -2.01. The van der Waals surface area contributed by atoms with Gasteiger partial charge in [-0.2, -0.15) is 0 Å². The van der Waals surface area contributed by atoms with E-state index in [2.05, 4.69) is 17.0 Å². The number of hydrogen-bond acceptors (Lipinski definition) is 2. The van der Waals surface area contributed by atoms with Crippen LogP contribution >= 0.6 is 12.2 Å². The molecule has 0 aliphatic heterocycles. The minimum Gasteiger partial charge on any atom is -0.484 e. The Hall–Kier alpha value is -0.180. The maximum atomic E-state index is 11.9. The van der Waals surface area contributed by atoms with Gasteiger partial charge in [-0.25, -0.2) is 4.39 Å². The molecule has 48 valence electrons. The highest BCUT2D eigenvalue weighted by Crippen LogP contribution is 1.89. The lowest BCUT2D eigenvalue weighted by Crippen LogP contribution is -2.07. The summed E-state index contributed by atoms with van der Waals surface area (Å²) in [6, 6.07) is 0. The van der Waals surface area contributed by atoms with Gasteiger partial charge in [-0.3, -0.25) is 0 Å². The minimum absolute atomic E-state index is 0.0787. The lowest BCUT2D eigenvalue weighted by atomic mass is 10.5. The number of rotatable bonds is 2. The second-order valence-electron chi connectivity index (χ2n) is 1.58. The second-order valence-corrected chi connectivity index (χ2v) is 2.16. The Kier molecular flexibility index (Phi) is 3.69. The smallest absolute Gasteiger partial charge is 0.156 e. The average Bonchev–Trinajstić information content (AvgIpc) is 1.61. The van der Waals surface area contributed by atoms with E-state index in [4.69, 9.17) is 0 Å². The molecule has 0 amide bonds. The standard InChI is InChI=1S/C5H9FOS/c1-4(6)3-7-5(2)8/h4H,3H2,1-2H3. The Labute approximate surface area is 53.8 Å². The van der Waals surface area contributed by atoms with Crippen LogP contribution in [0.5, 0.6) is 0 Å². The first-order valence-corrected chi connectivity index (χ1v) is 2.81. The van der Waals surface area contributed by atoms with Gasteiger partial charge in [0, 0.05) is 6.92 Å². The molecule has 0 heterocycles. The first-order valence-electron chi connectivity index (χ1n) is 2.40. The van der Waals surface area contributed by atoms with Crippen LogP contribution in [0.25, 0.3) is 0 Å². The van der Waals surface area contributed by atoms with Crippen molar-refractivity contribution in [1.82, 2.24) is 0 Å². The highest BCUT2D eigenvalue weighted by atomic mass is 32.1. The van der Waals surface area contributed by atoms with Gasteiger partial charge in [0.15, 0.2) is 5.05 Å². The Morgan fingerprint density at radius 2 is 2.38 bits per heavy atom. The number of ether oxygens (including phenoxy) is 1. The van der Waals surface area contributed by atoms with Gasteiger partial charge in [-0.15, -0.1) is 0 Å². The van der Waals surface area contributed by atoms with Crippen LogP contribution in [-0.2, 0) is 4.74 Å². The van der Waals surface area contributed by atoms with Crippen LogP contribution < -0.4 is 0 Å². The van der Waals surface area contributed by atoms with Crippen LogP contribution in [0.2, 0.25) is 0 Å². The van der Waals surface area contributed by atoms with Gasteiger partial charge in [-0.05, 0) is 19.1 Å². The van der Waals surface area contributed by atoms with Gasteiger partial charge in [-0.1, -0.05) is 0 Å². The molecular formula is C5H9FOS. The van der Waals surface area contributed by atoms with Crippen molar-refractivity contribution in [1.29, 1.82) is 0 Å². The molecule has 0 aromatic heterocycles. The van der Waals surface area contributed by atoms with E-state index in [0.29, 0.717) is 5.05 Å². The van der Waals surface area contributed by atoms with Crippen LogP contribution in [0.4, 0.5) is 4.39 Å². The number of alkyl halides is 1. The summed E-state index contributed by atoms with van der Waals surface area (Å²) in [5.74, 6) is 0. The van der Waals surface area contributed by atoms with E-state index in [0.717, 1.165) is 0 Å². The van der Waals surface area contributed by atoms with Gasteiger partial charge in [0.1, 0.15) is 12.8 Å². The van der Waals surface area contributed by atoms with Gasteiger partial charge >= 0.3 is 0 Å². The predicted molar refractivity (Wildman–Crippen MR) is 34.8 cm³/mol. The summed E-state index contributed by atoms with van der Waals surface area (Å²) < 4.78 is 16.5. The molecule has 1 nitrogen and oxygen atoms in total. The third-order valence-electron chi connectivity index (χ3n) is 0.516. The molecule has 0 N–H and O–H groups in total. The molecule has 0 saturated carbocycles. The molecule has 3 heteroatoms. The number of halogens is 1. The van der Waals surface area contributed by atoms with E-state index in [-0.39, 0.29) is 6.61 Å². The molecule has 0 aliphatic carbocycles. The zero-order valence-corrected chi connectivity index (χ0v) is 5.80. The quantitative estimate of drug-likeness (QED) is 0.534. The molecular weight excluding hydrogens is 127 g/mol. The van der Waals surface area contributed by atoms with Gasteiger partial charge < -0.3 is 4.74 Å². The van der Waals surface area contributed by atoms with Crippen molar-refractivity contribution in [2.75, 3.05) is 6.61 Å². The molecule has 0 aromatic carbocycles. The monoisotopic (exact) mass is 136 g/mol. The highest BCUT2D eigenvalue weighted by Gasteiger charge is 1.96. The summed E-state index contributed by atoms with van der Waals surface area (Å²) in [5.41, 5.74) is 0. The van der Waals surface area contributed by atoms with Crippen molar-refractivity contribution in [3.8, 4) is 0 Å². The lowest BCUT2D eigenvalue weighted by molar-refractivity contribution is 0.203. The second kappa shape index (κ2) is 3.78. The Morgan fingerprint density at radius 3 is 2.50 bits per heavy atom. The molecule has 1 unspecified atom stereocenters. The highest BCUT2D eigenvalue weighted by molar-refractivity contribution is 7.80. The summed E-state index contributed by atoms with van der Waals surface area (Å²) in [6.45, 7) is 3.13. The fourth-order valence-electron chi connectivity index (χ4n) is 0.232. The zero-order chi connectivity index (χ0) is 6.57. The van der Waals surface area contributed by atoms with E-state index in [1.807, 2.05) is 0 Å². The molecule has 0 spiro atoms. The summed E-state index contributed by atoms with van der Waals surface area (Å²) >= 11 is 4.53. The van der Waals surface area contributed by atoms with E-state index in [1.54, 1.807) is 6.92 Å². The summed E-state index contributed by atoms with van der Waals surface area (Å²) in [7, 11) is 0. The zero-order valence-electron chi connectivity index (χ0n) is 4.98. The SMILES string of the molecule is CC(=S)OCC(C)F. The maximum absolute atomic E-state index is 11.9. The van der Waals surface area contributed by atoms with E-state index in [1.165, 1.54) is 6.92 Å². The molecule has 0 rings (SSSR count). The third-order valence-corrected chi connectivity index (χ3v) is 0.634. The largest absolute Gasteiger partial charge is 0.484 e. The summed E-state index contributed by atoms with van der Waals surface area (Å²) in [6.07, 6.45) is -0.923. The van der Waals surface area contributed by atoms with Crippen molar-refractivity contribution >= 4 is 17.3 Å². The van der Waals surface area contributed by atoms with Gasteiger partial charge in [0.05, 0.1) is 0 Å². The number of thiocarbonyl (C=S) groups is 1. The third kappa shape index (κ3) is 5.82. The molecule has 8 heavy (non-hydrogen) atoms. The van der Waals surface area contributed by atoms with E-state index >= 15 is 0 Å². The Morgan fingerprint density at radius 1 is 1.88 bits per heavy atom. The van der Waals surface area contributed by atoms with Crippen LogP contribution in [-0.4, -0.2) is 17.8 Å². The molecule has 0 aromatic rings. The number of hydrogen-bond donors (Lipinski definition) is 0. The summed E-state index contributed by atoms with van der Waals surface area (Å²) in [4.78, 5) is 0. The minimum atomic E-state index is -0.923. The predicted octanol–water partition coefficient (Wildman–Crippen LogP) is 1.71. The van der Waals surface area contributed by atoms with Crippen molar-refractivity contribution < 1.29 is 9.13 Å². The molecule has 0 saturated heterocycles. The molecule has 1 atom stereocenters. The van der Waals surface area contributed by atoms with E-state index < -0.39 is 6.17 Å². The van der Waals surface area contributed by atoms with Crippen molar-refractivity contribution in [2.45, 2.75) is 20.0 Å². The average molecular weight is 136 g/mol. The Bertz CT molecular complexity index is 82.5. The van der Waals surface area contributed by atoms with Crippen LogP contribution in [0.3, 0.4) is 0 Å². The van der Waals surface area contributed by atoms with Crippen molar-refractivity contribution in [3.05, 3.63) is 0 Å². The summed E-state index contributed by atoms with van der Waals surface area (Å²) in [5, 5.41) is 0.398. The molecule has 0 radical (unpaired) electrons. The van der Waals surface area contributed by atoms with Crippen LogP contribution in [0.15, 0.2) is 0 Å². The van der Waals surface area contributed by atoms with Crippen molar-refractivity contribution in [3.63, 3.8) is 0 Å². The molecule has 0 aliphatic rings. The van der Waals surface area contributed by atoms with Gasteiger partial charge in [0.2, 0.25) is 0 Å². The van der Waals surface area contributed by atoms with Gasteiger partial charge in [0.25, 0.3) is 0 Å². The van der Waals surface area contributed by atoms with Crippen LogP contribution in [0.1, 0.15) is 13.8 Å². The molecule has 0 fully saturated rings. The Balaban J connectivity index is 3.05. The van der Waals surface area contributed by atoms with E-state index in [9.17, 15) is 4.39 Å². The first-order chi connectivity index (χ1) is 3.63. The first kappa shape index (κ1) is 7.82. The van der Waals surface area contributed by atoms with Crippen LogP contribution in [0, 0.1) is 0 Å². The normalized spacial score (nSPS) is 12.9. The maximum Gasteiger partial charge on any atom is 0.156 e. The topological polar surface area (TPSA) is 9.23 Å².